The molecule has 1 aromatic heterocycles. The number of amides is 1. The summed E-state index contributed by atoms with van der Waals surface area (Å²) in [6, 6.07) is 32.1. The highest BCUT2D eigenvalue weighted by Crippen LogP contribution is 2.33. The number of carbonyl (C=O) groups excluding carboxylic acids is 1. The second-order valence-corrected chi connectivity index (χ2v) is 11.1. The summed E-state index contributed by atoms with van der Waals surface area (Å²) in [6.45, 7) is 4.74. The molecule has 8 heteroatoms. The third-order valence-electron chi connectivity index (χ3n) is 6.87. The average molecular weight is 578 g/mol. The molecule has 1 aliphatic heterocycles. The van der Waals surface area contributed by atoms with E-state index in [2.05, 4.69) is 45.5 Å². The maximum absolute atomic E-state index is 12.8. The predicted molar refractivity (Wildman–Crippen MR) is 164 cm³/mol. The van der Waals surface area contributed by atoms with Gasteiger partial charge in [-0.3, -0.25) is 9.69 Å². The van der Waals surface area contributed by atoms with Crippen LogP contribution in [0.5, 0.6) is 17.2 Å². The Morgan fingerprint density at radius 3 is 2.40 bits per heavy atom. The van der Waals surface area contributed by atoms with Gasteiger partial charge in [-0.05, 0) is 60.0 Å². The van der Waals surface area contributed by atoms with Crippen LogP contribution in [0.25, 0.3) is 0 Å². The molecule has 0 saturated carbocycles. The minimum absolute atomic E-state index is 0.213. The van der Waals surface area contributed by atoms with Gasteiger partial charge in [-0.2, -0.15) is 0 Å². The van der Waals surface area contributed by atoms with Crippen LogP contribution in [-0.2, 0) is 26.2 Å². The van der Waals surface area contributed by atoms with Crippen molar-refractivity contribution in [3.63, 3.8) is 0 Å². The van der Waals surface area contributed by atoms with Crippen LogP contribution in [-0.4, -0.2) is 22.6 Å². The third kappa shape index (κ3) is 7.15. The Hall–Kier alpha value is -4.66. The summed E-state index contributed by atoms with van der Waals surface area (Å²) < 4.78 is 17.1. The summed E-state index contributed by atoms with van der Waals surface area (Å²) in [4.78, 5) is 19.8. The number of nitrogens with zero attached hydrogens (tertiary/aromatic N) is 2. The number of aryl methyl sites for hydroxylation is 1. The zero-order chi connectivity index (χ0) is 28.7. The number of anilines is 1. The Balaban J connectivity index is 1.14. The van der Waals surface area contributed by atoms with Gasteiger partial charge in [-0.25, -0.2) is 4.98 Å². The fourth-order valence-electron chi connectivity index (χ4n) is 4.67. The molecule has 1 amide bonds. The van der Waals surface area contributed by atoms with Crippen molar-refractivity contribution in [2.45, 2.75) is 33.2 Å². The number of benzene rings is 4. The number of ether oxygens (including phenoxy) is 3. The monoisotopic (exact) mass is 577 g/mol. The van der Waals surface area contributed by atoms with E-state index in [-0.39, 0.29) is 12.7 Å². The number of hydrogen-bond donors (Lipinski definition) is 1. The number of fused-ring (bicyclic) bond motifs is 1. The highest BCUT2D eigenvalue weighted by Gasteiger charge is 2.18. The van der Waals surface area contributed by atoms with Gasteiger partial charge in [0.05, 0.1) is 6.54 Å². The maximum atomic E-state index is 12.8. The summed E-state index contributed by atoms with van der Waals surface area (Å²) in [7, 11) is 0. The second-order valence-electron chi connectivity index (χ2n) is 10.2. The molecular weight excluding hydrogens is 546 g/mol. The molecular formula is C34H31N3O4S. The van der Waals surface area contributed by atoms with E-state index in [4.69, 9.17) is 14.2 Å². The first-order valence-corrected chi connectivity index (χ1v) is 14.6. The first-order chi connectivity index (χ1) is 20.6. The summed E-state index contributed by atoms with van der Waals surface area (Å²) in [5, 5.41) is 5.62. The van der Waals surface area contributed by atoms with E-state index in [1.54, 1.807) is 0 Å². The molecule has 6 rings (SSSR count). The van der Waals surface area contributed by atoms with E-state index in [1.165, 1.54) is 11.3 Å². The number of aromatic nitrogens is 1. The fourth-order valence-corrected chi connectivity index (χ4v) is 5.48. The van der Waals surface area contributed by atoms with Crippen molar-refractivity contribution in [3.05, 3.63) is 135 Å². The van der Waals surface area contributed by atoms with Gasteiger partial charge in [-0.15, -0.1) is 11.3 Å². The van der Waals surface area contributed by atoms with E-state index in [0.29, 0.717) is 31.9 Å². The van der Waals surface area contributed by atoms with E-state index in [0.717, 1.165) is 50.2 Å². The van der Waals surface area contributed by atoms with Gasteiger partial charge in [0.15, 0.2) is 11.5 Å². The van der Waals surface area contributed by atoms with Crippen LogP contribution in [0.2, 0.25) is 0 Å². The molecule has 5 aromatic rings. The van der Waals surface area contributed by atoms with Crippen LogP contribution in [0.15, 0.2) is 102 Å². The molecule has 0 radical (unpaired) electrons. The van der Waals surface area contributed by atoms with Gasteiger partial charge >= 0.3 is 0 Å². The van der Waals surface area contributed by atoms with Gasteiger partial charge in [0.1, 0.15) is 23.1 Å². The maximum Gasteiger partial charge on any atom is 0.275 e. The van der Waals surface area contributed by atoms with E-state index in [9.17, 15) is 4.79 Å². The van der Waals surface area contributed by atoms with Crippen molar-refractivity contribution in [2.24, 2.45) is 0 Å². The van der Waals surface area contributed by atoms with Crippen LogP contribution in [0.4, 0.5) is 5.69 Å². The fraction of sp³-hybridized carbons (Fsp3) is 0.176. The number of thiazole rings is 1. The lowest BCUT2D eigenvalue weighted by atomic mass is 10.1. The Morgan fingerprint density at radius 2 is 1.60 bits per heavy atom. The van der Waals surface area contributed by atoms with Crippen LogP contribution in [0.1, 0.15) is 37.7 Å². The number of rotatable bonds is 11. The SMILES string of the molecule is Cc1ccc(NC(=O)c2csc(CN(Cc3ccc(OCc4ccccc4)cc3)Cc3ccc4c(c3)OCO4)n2)cc1. The van der Waals surface area contributed by atoms with Crippen LogP contribution >= 0.6 is 11.3 Å². The molecule has 0 atom stereocenters. The summed E-state index contributed by atoms with van der Waals surface area (Å²) in [6.07, 6.45) is 0. The molecule has 0 fully saturated rings. The van der Waals surface area contributed by atoms with Gasteiger partial charge in [0, 0.05) is 24.2 Å². The van der Waals surface area contributed by atoms with Crippen molar-refractivity contribution < 1.29 is 19.0 Å². The smallest absolute Gasteiger partial charge is 0.275 e. The second kappa shape index (κ2) is 12.9. The summed E-state index contributed by atoms with van der Waals surface area (Å²) in [5.74, 6) is 2.14. The van der Waals surface area contributed by atoms with Crippen LogP contribution in [0.3, 0.4) is 0 Å². The lowest BCUT2D eigenvalue weighted by Gasteiger charge is -2.22. The Bertz CT molecular complexity index is 1640. The zero-order valence-electron chi connectivity index (χ0n) is 23.3. The first kappa shape index (κ1) is 27.5. The normalized spacial score (nSPS) is 12.0. The van der Waals surface area contributed by atoms with Gasteiger partial charge in [0.25, 0.3) is 5.91 Å². The summed E-state index contributed by atoms with van der Waals surface area (Å²) >= 11 is 1.49. The Kier molecular flexibility index (Phi) is 8.44. The molecule has 1 aliphatic rings. The van der Waals surface area contributed by atoms with Gasteiger partial charge in [-0.1, -0.05) is 66.2 Å². The molecule has 0 spiro atoms. The Labute approximate surface area is 249 Å². The van der Waals surface area contributed by atoms with Gasteiger partial charge in [0.2, 0.25) is 6.79 Å². The highest BCUT2D eigenvalue weighted by molar-refractivity contribution is 7.09. The standard InChI is InChI=1S/C34H31N3O4S/c1-24-7-12-28(13-8-24)35-34(38)30-22-42-33(36-30)20-37(19-27-11-16-31-32(17-27)41-23-40-31)18-25-9-14-29(15-10-25)39-21-26-5-3-2-4-6-26/h2-17,22H,18-21,23H2,1H3,(H,35,38). The van der Waals surface area contributed by atoms with E-state index >= 15 is 0 Å². The average Bonchev–Trinajstić information content (AvgIpc) is 3.68. The molecule has 1 N–H and O–H groups in total. The largest absolute Gasteiger partial charge is 0.489 e. The molecule has 7 nitrogen and oxygen atoms in total. The Morgan fingerprint density at radius 1 is 0.857 bits per heavy atom. The quantitative estimate of drug-likeness (QED) is 0.179. The predicted octanol–water partition coefficient (Wildman–Crippen LogP) is 7.21. The van der Waals surface area contributed by atoms with Crippen molar-refractivity contribution in [2.75, 3.05) is 12.1 Å². The molecule has 0 unspecified atom stereocenters. The third-order valence-corrected chi connectivity index (χ3v) is 7.71. The van der Waals surface area contributed by atoms with Crippen molar-refractivity contribution in [1.29, 1.82) is 0 Å². The molecule has 212 valence electrons. The van der Waals surface area contributed by atoms with Crippen molar-refractivity contribution in [3.8, 4) is 17.2 Å². The van der Waals surface area contributed by atoms with Crippen LogP contribution < -0.4 is 19.5 Å². The molecule has 42 heavy (non-hydrogen) atoms. The highest BCUT2D eigenvalue weighted by atomic mass is 32.1. The molecule has 2 heterocycles. The number of nitrogens with one attached hydrogen (secondary N) is 1. The number of carbonyl (C=O) groups is 1. The minimum Gasteiger partial charge on any atom is -0.489 e. The van der Waals surface area contributed by atoms with E-state index in [1.807, 2.05) is 79.0 Å². The minimum atomic E-state index is -0.213. The summed E-state index contributed by atoms with van der Waals surface area (Å²) in [5.41, 5.74) is 5.69. The number of hydrogen-bond acceptors (Lipinski definition) is 7. The molecule has 0 aliphatic carbocycles. The van der Waals surface area contributed by atoms with Gasteiger partial charge < -0.3 is 19.5 Å². The molecule has 4 aromatic carbocycles. The van der Waals surface area contributed by atoms with Crippen molar-refractivity contribution >= 4 is 22.9 Å². The van der Waals surface area contributed by atoms with E-state index < -0.39 is 0 Å². The first-order valence-electron chi connectivity index (χ1n) is 13.8. The lowest BCUT2D eigenvalue weighted by molar-refractivity contribution is 0.102. The zero-order valence-corrected chi connectivity index (χ0v) is 24.1. The lowest BCUT2D eigenvalue weighted by Crippen LogP contribution is -2.22. The van der Waals surface area contributed by atoms with Crippen LogP contribution in [0, 0.1) is 6.92 Å². The van der Waals surface area contributed by atoms with Crippen molar-refractivity contribution in [1.82, 2.24) is 9.88 Å². The topological polar surface area (TPSA) is 72.9 Å². The molecule has 0 bridgehead atoms. The molecule has 0 saturated heterocycles.